The summed E-state index contributed by atoms with van der Waals surface area (Å²) >= 11 is 0. The third-order valence-electron chi connectivity index (χ3n) is 3.59. The van der Waals surface area contributed by atoms with Crippen LogP contribution in [0.5, 0.6) is 0 Å². The van der Waals surface area contributed by atoms with Gasteiger partial charge in [0.05, 0.1) is 17.6 Å². The van der Waals surface area contributed by atoms with Gasteiger partial charge in [0, 0.05) is 13.1 Å². The number of hydrogen-bond acceptors (Lipinski definition) is 3. The van der Waals surface area contributed by atoms with Crippen molar-refractivity contribution < 1.29 is 19.8 Å². The maximum Gasteiger partial charge on any atom is 0.317 e. The molecule has 0 atom stereocenters. The van der Waals surface area contributed by atoms with Gasteiger partial charge in [-0.05, 0) is 33.6 Å². The number of carbonyl (C=O) groups excluding carboxylic acids is 1. The summed E-state index contributed by atoms with van der Waals surface area (Å²) < 4.78 is 0. The average Bonchev–Trinajstić information content (AvgIpc) is 2.22. The Labute approximate surface area is 113 Å². The number of aliphatic hydroxyl groups is 1. The van der Waals surface area contributed by atoms with Crippen LogP contribution in [0.4, 0.5) is 4.79 Å². The quantitative estimate of drug-likeness (QED) is 0.674. The van der Waals surface area contributed by atoms with E-state index in [1.807, 2.05) is 6.92 Å². The van der Waals surface area contributed by atoms with Crippen molar-refractivity contribution in [1.82, 2.24) is 10.2 Å². The van der Waals surface area contributed by atoms with Crippen LogP contribution in [-0.4, -0.2) is 52.3 Å². The van der Waals surface area contributed by atoms with Crippen molar-refractivity contribution in [3.63, 3.8) is 0 Å². The van der Waals surface area contributed by atoms with E-state index in [2.05, 4.69) is 5.32 Å². The van der Waals surface area contributed by atoms with Crippen LogP contribution in [0.3, 0.4) is 0 Å². The van der Waals surface area contributed by atoms with Gasteiger partial charge in [0.2, 0.25) is 0 Å². The van der Waals surface area contributed by atoms with Crippen molar-refractivity contribution in [3.8, 4) is 0 Å². The number of hydrogen-bond donors (Lipinski definition) is 3. The van der Waals surface area contributed by atoms with Gasteiger partial charge in [-0.1, -0.05) is 6.42 Å². The van der Waals surface area contributed by atoms with E-state index in [-0.39, 0.29) is 19.1 Å². The van der Waals surface area contributed by atoms with Crippen LogP contribution in [0.1, 0.15) is 40.0 Å². The van der Waals surface area contributed by atoms with Crippen molar-refractivity contribution in [3.05, 3.63) is 0 Å². The van der Waals surface area contributed by atoms with Gasteiger partial charge in [0.15, 0.2) is 0 Å². The molecule has 0 spiro atoms. The second-order valence-electron chi connectivity index (χ2n) is 5.92. The number of nitrogens with one attached hydrogen (secondary N) is 1. The minimum atomic E-state index is -0.964. The van der Waals surface area contributed by atoms with E-state index < -0.39 is 17.0 Å². The van der Waals surface area contributed by atoms with Crippen molar-refractivity contribution in [1.29, 1.82) is 0 Å². The Morgan fingerprint density at radius 2 is 1.95 bits per heavy atom. The second kappa shape index (κ2) is 5.77. The number of carbonyl (C=O) groups is 2. The van der Waals surface area contributed by atoms with Crippen LogP contribution in [-0.2, 0) is 4.79 Å². The number of carboxylic acids is 1. The predicted molar refractivity (Wildman–Crippen MR) is 70.9 cm³/mol. The first-order chi connectivity index (χ1) is 8.70. The van der Waals surface area contributed by atoms with Crippen molar-refractivity contribution in [2.45, 2.75) is 45.6 Å². The first-order valence-electron chi connectivity index (χ1n) is 6.69. The molecule has 19 heavy (non-hydrogen) atoms. The maximum atomic E-state index is 12.0. The fraction of sp³-hybridized carbons (Fsp3) is 0.846. The normalized spacial score (nSPS) is 17.5. The SMILES string of the molecule is CCN(CC(C)(C)O)C(=O)NCC1(C(=O)O)CCC1. The molecule has 1 rings (SSSR count). The van der Waals surface area contributed by atoms with Gasteiger partial charge in [0.25, 0.3) is 0 Å². The monoisotopic (exact) mass is 272 g/mol. The van der Waals surface area contributed by atoms with Crippen LogP contribution in [0.2, 0.25) is 0 Å². The van der Waals surface area contributed by atoms with Gasteiger partial charge < -0.3 is 20.4 Å². The smallest absolute Gasteiger partial charge is 0.317 e. The number of nitrogens with zero attached hydrogens (tertiary/aromatic N) is 1. The molecule has 0 bridgehead atoms. The summed E-state index contributed by atoms with van der Waals surface area (Å²) in [5, 5.41) is 21.6. The minimum Gasteiger partial charge on any atom is -0.481 e. The summed E-state index contributed by atoms with van der Waals surface area (Å²) in [4.78, 5) is 24.6. The first kappa shape index (κ1) is 15.8. The molecule has 110 valence electrons. The molecule has 1 aliphatic rings. The molecule has 3 N–H and O–H groups in total. The molecule has 0 aromatic rings. The van der Waals surface area contributed by atoms with Gasteiger partial charge in [-0.25, -0.2) is 4.79 Å². The van der Waals surface area contributed by atoms with E-state index in [4.69, 9.17) is 0 Å². The number of amides is 2. The lowest BCUT2D eigenvalue weighted by Crippen LogP contribution is -2.52. The van der Waals surface area contributed by atoms with Gasteiger partial charge in [0.1, 0.15) is 0 Å². The molecule has 0 aromatic heterocycles. The van der Waals surface area contributed by atoms with Crippen molar-refractivity contribution >= 4 is 12.0 Å². The molecule has 1 saturated carbocycles. The van der Waals surface area contributed by atoms with E-state index in [9.17, 15) is 19.8 Å². The molecule has 1 aliphatic carbocycles. The summed E-state index contributed by atoms with van der Waals surface area (Å²) in [6, 6.07) is -0.322. The highest BCUT2D eigenvalue weighted by atomic mass is 16.4. The largest absolute Gasteiger partial charge is 0.481 e. The van der Waals surface area contributed by atoms with Crippen molar-refractivity contribution in [2.24, 2.45) is 5.41 Å². The molecule has 0 aromatic carbocycles. The first-order valence-corrected chi connectivity index (χ1v) is 6.69. The lowest BCUT2D eigenvalue weighted by Gasteiger charge is -2.38. The van der Waals surface area contributed by atoms with Crippen LogP contribution >= 0.6 is 0 Å². The minimum absolute atomic E-state index is 0.156. The Balaban J connectivity index is 2.51. The highest BCUT2D eigenvalue weighted by Gasteiger charge is 2.44. The molecular weight excluding hydrogens is 248 g/mol. The van der Waals surface area contributed by atoms with E-state index >= 15 is 0 Å². The summed E-state index contributed by atoms with van der Waals surface area (Å²) in [5.41, 5.74) is -1.75. The Kier molecular flexibility index (Phi) is 4.79. The molecule has 0 unspecified atom stereocenters. The molecule has 0 radical (unpaired) electrons. The second-order valence-corrected chi connectivity index (χ2v) is 5.92. The zero-order valence-electron chi connectivity index (χ0n) is 11.9. The number of urea groups is 1. The Hall–Kier alpha value is -1.30. The molecule has 0 aliphatic heterocycles. The van der Waals surface area contributed by atoms with Crippen LogP contribution < -0.4 is 5.32 Å². The third-order valence-corrected chi connectivity index (χ3v) is 3.59. The highest BCUT2D eigenvalue weighted by Crippen LogP contribution is 2.40. The molecule has 1 fully saturated rings. The lowest BCUT2D eigenvalue weighted by atomic mass is 9.69. The predicted octanol–water partition coefficient (Wildman–Crippen LogP) is 1.04. The fourth-order valence-electron chi connectivity index (χ4n) is 2.22. The van der Waals surface area contributed by atoms with Gasteiger partial charge in [-0.3, -0.25) is 4.79 Å². The summed E-state index contributed by atoms with van der Waals surface area (Å²) in [6.45, 7) is 5.93. The molecule has 6 nitrogen and oxygen atoms in total. The van der Waals surface area contributed by atoms with E-state index in [0.717, 1.165) is 6.42 Å². The average molecular weight is 272 g/mol. The summed E-state index contributed by atoms with van der Waals surface area (Å²) in [5.74, 6) is -0.843. The standard InChI is InChI=1S/C13H24N2O4/c1-4-15(9-12(2,3)19)11(18)14-8-13(10(16)17)6-5-7-13/h19H,4-9H2,1-3H3,(H,14,18)(H,16,17). The van der Waals surface area contributed by atoms with E-state index in [1.165, 1.54) is 4.90 Å². The molecule has 6 heteroatoms. The maximum absolute atomic E-state index is 12.0. The molecule has 2 amide bonds. The zero-order valence-corrected chi connectivity index (χ0v) is 11.9. The van der Waals surface area contributed by atoms with Crippen LogP contribution in [0.15, 0.2) is 0 Å². The van der Waals surface area contributed by atoms with Crippen molar-refractivity contribution in [2.75, 3.05) is 19.6 Å². The molecular formula is C13H24N2O4. The highest BCUT2D eigenvalue weighted by molar-refractivity contribution is 5.79. The molecule has 0 saturated heterocycles. The summed E-state index contributed by atoms with van der Waals surface area (Å²) in [6.07, 6.45) is 2.11. The Morgan fingerprint density at radius 1 is 1.37 bits per heavy atom. The Morgan fingerprint density at radius 3 is 2.26 bits per heavy atom. The van der Waals surface area contributed by atoms with Crippen LogP contribution in [0.25, 0.3) is 0 Å². The summed E-state index contributed by atoms with van der Waals surface area (Å²) in [7, 11) is 0. The zero-order chi connectivity index (χ0) is 14.7. The van der Waals surface area contributed by atoms with Gasteiger partial charge >= 0.3 is 12.0 Å². The van der Waals surface area contributed by atoms with E-state index in [1.54, 1.807) is 13.8 Å². The number of rotatable bonds is 6. The topological polar surface area (TPSA) is 89.9 Å². The number of carboxylic acid groups (broad SMARTS) is 1. The third kappa shape index (κ3) is 4.09. The van der Waals surface area contributed by atoms with Gasteiger partial charge in [-0.15, -0.1) is 0 Å². The number of likely N-dealkylation sites (N-methyl/N-ethyl adjacent to an activating group) is 1. The molecule has 0 heterocycles. The fourth-order valence-corrected chi connectivity index (χ4v) is 2.22. The lowest BCUT2D eigenvalue weighted by molar-refractivity contribution is -0.153. The Bertz CT molecular complexity index is 345. The van der Waals surface area contributed by atoms with Gasteiger partial charge in [-0.2, -0.15) is 0 Å². The van der Waals surface area contributed by atoms with Crippen LogP contribution in [0, 0.1) is 5.41 Å². The van der Waals surface area contributed by atoms with E-state index in [0.29, 0.717) is 19.4 Å². The number of aliphatic carboxylic acids is 1.